The molecule has 80 valence electrons. The Balaban J connectivity index is 2.86. The monoisotopic (exact) mass is 263 g/mol. The van der Waals surface area contributed by atoms with E-state index in [2.05, 4.69) is 22.5 Å². The molecule has 0 unspecified atom stereocenters. The molecular formula is C8H7Cl2N3OS. The van der Waals surface area contributed by atoms with Crippen molar-refractivity contribution >= 4 is 46.3 Å². The minimum absolute atomic E-state index is 0.0429. The van der Waals surface area contributed by atoms with Crippen LogP contribution in [0, 0.1) is 0 Å². The molecule has 1 rings (SSSR count). The summed E-state index contributed by atoms with van der Waals surface area (Å²) in [5.74, 6) is -0.291. The molecule has 0 atom stereocenters. The third kappa shape index (κ3) is 3.30. The first kappa shape index (κ1) is 12.2. The number of thiocarbonyl (C=S) groups is 1. The number of carbonyl (C=O) groups excluding carboxylic acids is 1. The first-order chi connectivity index (χ1) is 7.02. The van der Waals surface area contributed by atoms with E-state index in [9.17, 15) is 4.79 Å². The van der Waals surface area contributed by atoms with E-state index in [4.69, 9.17) is 28.9 Å². The van der Waals surface area contributed by atoms with E-state index in [-0.39, 0.29) is 33.0 Å². The number of aromatic nitrogens is 1. The van der Waals surface area contributed by atoms with E-state index < -0.39 is 0 Å². The van der Waals surface area contributed by atoms with Crippen molar-refractivity contribution in [3.05, 3.63) is 28.0 Å². The normalized spacial score (nSPS) is 9.73. The molecular weight excluding hydrogens is 257 g/mol. The van der Waals surface area contributed by atoms with Gasteiger partial charge in [-0.25, -0.2) is 0 Å². The van der Waals surface area contributed by atoms with Gasteiger partial charge in [-0.1, -0.05) is 23.2 Å². The molecule has 0 aromatic carbocycles. The van der Waals surface area contributed by atoms with Gasteiger partial charge in [-0.2, -0.15) is 0 Å². The van der Waals surface area contributed by atoms with E-state index in [0.717, 1.165) is 0 Å². The molecule has 1 aromatic rings. The van der Waals surface area contributed by atoms with E-state index in [1.807, 2.05) is 0 Å². The molecule has 0 bridgehead atoms. The summed E-state index contributed by atoms with van der Waals surface area (Å²) in [5, 5.41) is 2.98. The third-order valence-electron chi connectivity index (χ3n) is 1.56. The fourth-order valence-corrected chi connectivity index (χ4v) is 1.58. The van der Waals surface area contributed by atoms with Crippen LogP contribution in [0.15, 0.2) is 12.4 Å². The van der Waals surface area contributed by atoms with Crippen molar-refractivity contribution in [2.45, 2.75) is 0 Å². The minimum atomic E-state index is -0.291. The summed E-state index contributed by atoms with van der Waals surface area (Å²) < 4.78 is 0. The van der Waals surface area contributed by atoms with Crippen LogP contribution in [-0.2, 0) is 0 Å². The van der Waals surface area contributed by atoms with E-state index in [1.165, 1.54) is 12.4 Å². The Bertz CT molecular complexity index is 391. The first-order valence-electron chi connectivity index (χ1n) is 3.88. The van der Waals surface area contributed by atoms with Crippen molar-refractivity contribution in [3.63, 3.8) is 0 Å². The summed E-state index contributed by atoms with van der Waals surface area (Å²) in [7, 11) is 0. The molecule has 0 spiro atoms. The van der Waals surface area contributed by atoms with Crippen molar-refractivity contribution in [1.29, 1.82) is 0 Å². The van der Waals surface area contributed by atoms with Gasteiger partial charge in [-0.3, -0.25) is 9.78 Å². The fraction of sp³-hybridized carbons (Fsp3) is 0.125. The second-order valence-corrected chi connectivity index (χ2v) is 3.87. The first-order valence-corrected chi connectivity index (χ1v) is 5.04. The molecule has 0 amide bonds. The van der Waals surface area contributed by atoms with Gasteiger partial charge in [0.1, 0.15) is 0 Å². The quantitative estimate of drug-likeness (QED) is 0.638. The van der Waals surface area contributed by atoms with Crippen molar-refractivity contribution in [2.75, 3.05) is 6.54 Å². The molecule has 7 heteroatoms. The molecule has 0 radical (unpaired) electrons. The van der Waals surface area contributed by atoms with Crippen LogP contribution in [0.3, 0.4) is 0 Å². The van der Waals surface area contributed by atoms with Gasteiger partial charge in [0.15, 0.2) is 10.9 Å². The van der Waals surface area contributed by atoms with Crippen LogP contribution in [0.25, 0.3) is 0 Å². The van der Waals surface area contributed by atoms with Gasteiger partial charge in [-0.15, -0.1) is 0 Å². The Morgan fingerprint density at radius 3 is 2.47 bits per heavy atom. The summed E-state index contributed by atoms with van der Waals surface area (Å²) in [6, 6.07) is 0. The standard InChI is InChI=1S/C8H7Cl2N3OS/c9-4-1-12-2-5(10)7(4)6(14)3-13-8(11)15/h1-2H,3H2,(H3,11,13,15). The number of ketones is 1. The lowest BCUT2D eigenvalue weighted by Gasteiger charge is -2.06. The van der Waals surface area contributed by atoms with Crippen LogP contribution in [0.5, 0.6) is 0 Å². The number of hydrogen-bond acceptors (Lipinski definition) is 3. The SMILES string of the molecule is NC(=S)NCC(=O)c1c(Cl)cncc1Cl. The van der Waals surface area contributed by atoms with Gasteiger partial charge < -0.3 is 11.1 Å². The van der Waals surface area contributed by atoms with E-state index in [0.29, 0.717) is 0 Å². The Morgan fingerprint density at radius 1 is 1.47 bits per heavy atom. The number of pyridine rings is 1. The predicted molar refractivity (Wildman–Crippen MR) is 63.4 cm³/mol. The molecule has 0 aliphatic carbocycles. The number of nitrogens with two attached hydrogens (primary N) is 1. The predicted octanol–water partition coefficient (Wildman–Crippen LogP) is 1.40. The zero-order chi connectivity index (χ0) is 11.4. The molecule has 1 heterocycles. The Labute approximate surface area is 102 Å². The van der Waals surface area contributed by atoms with E-state index in [1.54, 1.807) is 0 Å². The van der Waals surface area contributed by atoms with Gasteiger partial charge in [0.25, 0.3) is 0 Å². The topological polar surface area (TPSA) is 68.0 Å². The molecule has 3 N–H and O–H groups in total. The molecule has 4 nitrogen and oxygen atoms in total. The Hall–Kier alpha value is -0.910. The molecule has 0 saturated carbocycles. The van der Waals surface area contributed by atoms with Gasteiger partial charge in [0.05, 0.1) is 22.2 Å². The third-order valence-corrected chi connectivity index (χ3v) is 2.27. The number of Topliss-reactive ketones (excluding diaryl/α,β-unsaturated/α-hetero) is 1. The van der Waals surface area contributed by atoms with Crippen molar-refractivity contribution in [1.82, 2.24) is 10.3 Å². The van der Waals surface area contributed by atoms with Gasteiger partial charge in [0, 0.05) is 12.4 Å². The molecule has 0 aliphatic rings. The van der Waals surface area contributed by atoms with Crippen LogP contribution in [0.1, 0.15) is 10.4 Å². The fourth-order valence-electron chi connectivity index (χ4n) is 0.933. The summed E-state index contributed by atoms with van der Waals surface area (Å²) in [6.45, 7) is -0.0429. The maximum absolute atomic E-state index is 11.6. The second kappa shape index (κ2) is 5.25. The highest BCUT2D eigenvalue weighted by Crippen LogP contribution is 2.22. The van der Waals surface area contributed by atoms with Crippen LogP contribution in [-0.4, -0.2) is 22.4 Å². The number of halogens is 2. The molecule has 0 aliphatic heterocycles. The minimum Gasteiger partial charge on any atom is -0.376 e. The Morgan fingerprint density at radius 2 is 2.00 bits per heavy atom. The lowest BCUT2D eigenvalue weighted by molar-refractivity contribution is 0.0996. The maximum atomic E-state index is 11.6. The summed E-state index contributed by atoms with van der Waals surface area (Å²) >= 11 is 16.1. The summed E-state index contributed by atoms with van der Waals surface area (Å²) in [5.41, 5.74) is 5.40. The average molecular weight is 264 g/mol. The number of hydrogen-bond donors (Lipinski definition) is 2. The van der Waals surface area contributed by atoms with Crippen LogP contribution < -0.4 is 11.1 Å². The smallest absolute Gasteiger partial charge is 0.185 e. The lowest BCUT2D eigenvalue weighted by atomic mass is 10.2. The molecule has 0 saturated heterocycles. The van der Waals surface area contributed by atoms with Crippen LogP contribution in [0.4, 0.5) is 0 Å². The maximum Gasteiger partial charge on any atom is 0.185 e. The van der Waals surface area contributed by atoms with Crippen LogP contribution in [0.2, 0.25) is 10.0 Å². The van der Waals surface area contributed by atoms with Gasteiger partial charge in [-0.05, 0) is 12.2 Å². The number of rotatable bonds is 3. The summed E-state index contributed by atoms with van der Waals surface area (Å²) in [4.78, 5) is 15.4. The van der Waals surface area contributed by atoms with Crippen molar-refractivity contribution in [3.8, 4) is 0 Å². The van der Waals surface area contributed by atoms with Crippen molar-refractivity contribution in [2.24, 2.45) is 5.73 Å². The number of carbonyl (C=O) groups is 1. The zero-order valence-corrected chi connectivity index (χ0v) is 9.79. The van der Waals surface area contributed by atoms with Crippen LogP contribution >= 0.6 is 35.4 Å². The Kier molecular flexibility index (Phi) is 4.26. The molecule has 1 aromatic heterocycles. The molecule has 0 fully saturated rings. The summed E-state index contributed by atoms with van der Waals surface area (Å²) in [6.07, 6.45) is 2.70. The number of nitrogens with one attached hydrogen (secondary N) is 1. The zero-order valence-electron chi connectivity index (χ0n) is 7.46. The second-order valence-electron chi connectivity index (χ2n) is 2.62. The van der Waals surface area contributed by atoms with Gasteiger partial charge >= 0.3 is 0 Å². The lowest BCUT2D eigenvalue weighted by Crippen LogP contribution is -2.33. The number of nitrogens with zero attached hydrogens (tertiary/aromatic N) is 1. The highest BCUT2D eigenvalue weighted by atomic mass is 35.5. The van der Waals surface area contributed by atoms with E-state index >= 15 is 0 Å². The highest BCUT2D eigenvalue weighted by molar-refractivity contribution is 7.80. The molecule has 15 heavy (non-hydrogen) atoms. The average Bonchev–Trinajstić information content (AvgIpc) is 2.14. The van der Waals surface area contributed by atoms with Crippen molar-refractivity contribution < 1.29 is 4.79 Å². The highest BCUT2D eigenvalue weighted by Gasteiger charge is 2.14. The largest absolute Gasteiger partial charge is 0.376 e. The van der Waals surface area contributed by atoms with Gasteiger partial charge in [0.2, 0.25) is 0 Å².